The molecule has 0 aliphatic rings. The minimum absolute atomic E-state index is 0.0809. The van der Waals surface area contributed by atoms with Crippen molar-refractivity contribution in [3.8, 4) is 0 Å². The van der Waals surface area contributed by atoms with Crippen LogP contribution in [0, 0.1) is 11.2 Å². The molecule has 0 aliphatic heterocycles. The van der Waals surface area contributed by atoms with Gasteiger partial charge in [-0.25, -0.2) is 14.2 Å². The summed E-state index contributed by atoms with van der Waals surface area (Å²) in [6, 6.07) is 4.97. The average molecular weight is 267 g/mol. The summed E-state index contributed by atoms with van der Waals surface area (Å²) in [4.78, 5) is 11.7. The SMILES string of the molecule is CCOC(=O)C(C(C)=N)N(N)Cc1cccc(F)c1. The van der Waals surface area contributed by atoms with Crippen LogP contribution in [0.25, 0.3) is 0 Å². The monoisotopic (exact) mass is 267 g/mol. The van der Waals surface area contributed by atoms with E-state index in [1.807, 2.05) is 0 Å². The van der Waals surface area contributed by atoms with Gasteiger partial charge in [-0.1, -0.05) is 12.1 Å². The number of nitrogens with zero attached hydrogens (tertiary/aromatic N) is 1. The van der Waals surface area contributed by atoms with E-state index < -0.39 is 12.0 Å². The number of hydrazine groups is 1. The second kappa shape index (κ2) is 6.96. The molecule has 104 valence electrons. The van der Waals surface area contributed by atoms with Crippen molar-refractivity contribution in [3.63, 3.8) is 0 Å². The summed E-state index contributed by atoms with van der Waals surface area (Å²) in [6.45, 7) is 3.53. The van der Waals surface area contributed by atoms with Gasteiger partial charge in [0.15, 0.2) is 6.04 Å². The minimum Gasteiger partial charge on any atom is -0.464 e. The van der Waals surface area contributed by atoms with Gasteiger partial charge < -0.3 is 10.1 Å². The molecular formula is C13H18FN3O2. The van der Waals surface area contributed by atoms with E-state index in [0.717, 1.165) is 0 Å². The maximum absolute atomic E-state index is 13.1. The number of halogens is 1. The van der Waals surface area contributed by atoms with E-state index in [1.165, 1.54) is 24.1 Å². The molecule has 19 heavy (non-hydrogen) atoms. The lowest BCUT2D eigenvalue weighted by Crippen LogP contribution is -2.50. The van der Waals surface area contributed by atoms with Crippen LogP contribution in [-0.4, -0.2) is 29.3 Å². The highest BCUT2D eigenvalue weighted by atomic mass is 19.1. The van der Waals surface area contributed by atoms with E-state index in [0.29, 0.717) is 5.56 Å². The lowest BCUT2D eigenvalue weighted by molar-refractivity contribution is -0.147. The summed E-state index contributed by atoms with van der Waals surface area (Å²) in [7, 11) is 0. The molecule has 1 rings (SSSR count). The summed E-state index contributed by atoms with van der Waals surface area (Å²) in [6.07, 6.45) is 0. The first-order valence-electron chi connectivity index (χ1n) is 5.93. The van der Waals surface area contributed by atoms with Crippen LogP contribution < -0.4 is 5.84 Å². The fourth-order valence-corrected chi connectivity index (χ4v) is 1.72. The highest BCUT2D eigenvalue weighted by Gasteiger charge is 2.27. The quantitative estimate of drug-likeness (QED) is 0.354. The van der Waals surface area contributed by atoms with Gasteiger partial charge in [-0.05, 0) is 31.5 Å². The number of ether oxygens (including phenoxy) is 1. The summed E-state index contributed by atoms with van der Waals surface area (Å²) in [5, 5.41) is 8.78. The average Bonchev–Trinajstić information content (AvgIpc) is 2.28. The number of carbonyl (C=O) groups is 1. The maximum atomic E-state index is 13.1. The molecule has 0 spiro atoms. The van der Waals surface area contributed by atoms with Crippen LogP contribution in [0.2, 0.25) is 0 Å². The van der Waals surface area contributed by atoms with Crippen LogP contribution >= 0.6 is 0 Å². The molecule has 1 unspecified atom stereocenters. The van der Waals surface area contributed by atoms with Crippen molar-refractivity contribution in [1.29, 1.82) is 5.41 Å². The van der Waals surface area contributed by atoms with Gasteiger partial charge >= 0.3 is 5.97 Å². The zero-order chi connectivity index (χ0) is 14.4. The molecule has 1 aromatic rings. The second-order valence-corrected chi connectivity index (χ2v) is 4.14. The molecule has 0 aromatic heterocycles. The van der Waals surface area contributed by atoms with Gasteiger partial charge in [-0.2, -0.15) is 0 Å². The summed E-state index contributed by atoms with van der Waals surface area (Å²) in [5.74, 6) is 4.86. The van der Waals surface area contributed by atoms with Crippen molar-refractivity contribution < 1.29 is 13.9 Å². The van der Waals surface area contributed by atoms with E-state index in [1.54, 1.807) is 19.1 Å². The minimum atomic E-state index is -0.955. The van der Waals surface area contributed by atoms with Crippen LogP contribution in [0.15, 0.2) is 24.3 Å². The Bertz CT molecular complexity index is 465. The summed E-state index contributed by atoms with van der Waals surface area (Å²) < 4.78 is 17.9. The van der Waals surface area contributed by atoms with Gasteiger partial charge in [0.05, 0.1) is 6.61 Å². The van der Waals surface area contributed by atoms with Crippen molar-refractivity contribution in [2.75, 3.05) is 6.61 Å². The molecular weight excluding hydrogens is 249 g/mol. The first-order chi connectivity index (χ1) is 8.95. The largest absolute Gasteiger partial charge is 0.464 e. The molecule has 1 aromatic carbocycles. The number of esters is 1. The Morgan fingerprint density at radius 1 is 1.58 bits per heavy atom. The number of hydrogen-bond acceptors (Lipinski definition) is 5. The first-order valence-corrected chi connectivity index (χ1v) is 5.93. The van der Waals surface area contributed by atoms with E-state index in [-0.39, 0.29) is 24.7 Å². The third-order valence-corrected chi connectivity index (χ3v) is 2.51. The second-order valence-electron chi connectivity index (χ2n) is 4.14. The van der Waals surface area contributed by atoms with Gasteiger partial charge in [-0.3, -0.25) is 5.84 Å². The third-order valence-electron chi connectivity index (χ3n) is 2.51. The Hall–Kier alpha value is -1.79. The fourth-order valence-electron chi connectivity index (χ4n) is 1.72. The summed E-state index contributed by atoms with van der Waals surface area (Å²) >= 11 is 0. The lowest BCUT2D eigenvalue weighted by Gasteiger charge is -2.25. The standard InChI is InChI=1S/C13H18FN3O2/c1-3-19-13(18)12(9(2)15)17(16)8-10-5-4-6-11(14)7-10/h4-7,12,15H,3,8,16H2,1-2H3. The van der Waals surface area contributed by atoms with Crippen LogP contribution in [0.4, 0.5) is 4.39 Å². The zero-order valence-electron chi connectivity index (χ0n) is 11.0. The van der Waals surface area contributed by atoms with Gasteiger partial charge in [0.1, 0.15) is 5.82 Å². The number of carbonyl (C=O) groups excluding carboxylic acids is 1. The number of rotatable bonds is 6. The molecule has 0 heterocycles. The molecule has 0 saturated carbocycles. The van der Waals surface area contributed by atoms with E-state index in [2.05, 4.69) is 0 Å². The van der Waals surface area contributed by atoms with Crippen LogP contribution in [0.5, 0.6) is 0 Å². The van der Waals surface area contributed by atoms with E-state index in [4.69, 9.17) is 16.0 Å². The fraction of sp³-hybridized carbons (Fsp3) is 0.385. The lowest BCUT2D eigenvalue weighted by atomic mass is 10.1. The zero-order valence-corrected chi connectivity index (χ0v) is 11.0. The maximum Gasteiger partial charge on any atom is 0.330 e. The first kappa shape index (κ1) is 15.3. The highest BCUT2D eigenvalue weighted by Crippen LogP contribution is 2.09. The van der Waals surface area contributed by atoms with Crippen molar-refractivity contribution in [3.05, 3.63) is 35.6 Å². The van der Waals surface area contributed by atoms with Crippen molar-refractivity contribution >= 4 is 11.7 Å². The Morgan fingerprint density at radius 2 is 2.26 bits per heavy atom. The predicted octanol–water partition coefficient (Wildman–Crippen LogP) is 1.47. The number of benzene rings is 1. The number of hydrogen-bond donors (Lipinski definition) is 2. The Morgan fingerprint density at radius 3 is 2.79 bits per heavy atom. The van der Waals surface area contributed by atoms with Crippen LogP contribution in [0.3, 0.4) is 0 Å². The number of nitrogens with two attached hydrogens (primary N) is 1. The third kappa shape index (κ3) is 4.42. The Labute approximate surface area is 111 Å². The van der Waals surface area contributed by atoms with Crippen molar-refractivity contribution in [2.24, 2.45) is 5.84 Å². The molecule has 5 nitrogen and oxygen atoms in total. The Balaban J connectivity index is 2.80. The molecule has 0 fully saturated rings. The van der Waals surface area contributed by atoms with Crippen LogP contribution in [0.1, 0.15) is 19.4 Å². The molecule has 1 atom stereocenters. The molecule has 0 radical (unpaired) electrons. The normalized spacial score (nSPS) is 12.3. The molecule has 0 amide bonds. The molecule has 0 aliphatic carbocycles. The summed E-state index contributed by atoms with van der Waals surface area (Å²) in [5.41, 5.74) is 0.704. The van der Waals surface area contributed by atoms with E-state index >= 15 is 0 Å². The van der Waals surface area contributed by atoms with E-state index in [9.17, 15) is 9.18 Å². The molecule has 6 heteroatoms. The molecule has 0 saturated heterocycles. The molecule has 3 N–H and O–H groups in total. The topological polar surface area (TPSA) is 79.4 Å². The Kier molecular flexibility index (Phi) is 5.59. The molecule has 0 bridgehead atoms. The number of nitrogens with one attached hydrogen (secondary N) is 1. The van der Waals surface area contributed by atoms with Gasteiger partial charge in [0.25, 0.3) is 0 Å². The smallest absolute Gasteiger partial charge is 0.330 e. The van der Waals surface area contributed by atoms with Gasteiger partial charge in [-0.15, -0.1) is 0 Å². The van der Waals surface area contributed by atoms with Gasteiger partial charge in [0.2, 0.25) is 0 Å². The van der Waals surface area contributed by atoms with Crippen LogP contribution in [-0.2, 0) is 16.1 Å². The predicted molar refractivity (Wildman–Crippen MR) is 70.0 cm³/mol. The highest BCUT2D eigenvalue weighted by molar-refractivity contribution is 6.03. The van der Waals surface area contributed by atoms with Crippen molar-refractivity contribution in [2.45, 2.75) is 26.4 Å². The van der Waals surface area contributed by atoms with Gasteiger partial charge in [0, 0.05) is 12.3 Å². The van der Waals surface area contributed by atoms with Crippen molar-refractivity contribution in [1.82, 2.24) is 5.01 Å².